The number of hydrogen-bond acceptors (Lipinski definition) is 4. The van der Waals surface area contributed by atoms with Crippen molar-refractivity contribution in [1.82, 2.24) is 4.57 Å². The normalized spacial score (nSPS) is 10.8. The van der Waals surface area contributed by atoms with Gasteiger partial charge in [-0.1, -0.05) is 18.2 Å². The zero-order valence-electron chi connectivity index (χ0n) is 13.0. The second-order valence-corrected chi connectivity index (χ2v) is 5.40. The number of nitrogen functional groups attached to an aromatic ring is 1. The molecule has 0 aliphatic rings. The number of ether oxygens (including phenoxy) is 1. The number of rotatable bonds is 3. The third-order valence-electron chi connectivity index (χ3n) is 3.65. The second kappa shape index (κ2) is 6.16. The summed E-state index contributed by atoms with van der Waals surface area (Å²) in [7, 11) is 0. The first-order valence-electron chi connectivity index (χ1n) is 7.30. The lowest BCUT2D eigenvalue weighted by Crippen LogP contribution is -2.32. The topological polar surface area (TPSA) is 74.3 Å². The van der Waals surface area contributed by atoms with Crippen molar-refractivity contribution in [2.45, 2.75) is 6.92 Å². The van der Waals surface area contributed by atoms with Crippen LogP contribution >= 0.6 is 0 Å². The maximum atomic E-state index is 13.6. The van der Waals surface area contributed by atoms with E-state index in [1.165, 1.54) is 18.2 Å². The van der Waals surface area contributed by atoms with E-state index >= 15 is 0 Å². The highest BCUT2D eigenvalue weighted by Crippen LogP contribution is 2.18. The number of hydrogen-bond donors (Lipinski definition) is 1. The number of halogens is 1. The van der Waals surface area contributed by atoms with Crippen molar-refractivity contribution in [3.05, 3.63) is 70.3 Å². The Bertz CT molecular complexity index is 995. The predicted octanol–water partition coefficient (Wildman–Crippen LogP) is 2.75. The van der Waals surface area contributed by atoms with E-state index in [0.717, 1.165) is 4.57 Å². The molecule has 0 aliphatic heterocycles. The van der Waals surface area contributed by atoms with E-state index in [0.29, 0.717) is 22.2 Å². The number of pyridine rings is 1. The molecule has 0 unspecified atom stereocenters. The Balaban J connectivity index is 2.00. The highest BCUT2D eigenvalue weighted by Gasteiger charge is 2.15. The average Bonchev–Trinajstić information content (AvgIpc) is 2.55. The zero-order valence-corrected chi connectivity index (χ0v) is 13.0. The largest absolute Gasteiger partial charge is 0.481 e. The van der Waals surface area contributed by atoms with Gasteiger partial charge in [0, 0.05) is 11.3 Å². The Hall–Kier alpha value is -3.15. The number of aromatic nitrogens is 1. The molecule has 2 N–H and O–H groups in total. The molecule has 1 aromatic heterocycles. The summed E-state index contributed by atoms with van der Waals surface area (Å²) in [4.78, 5) is 24.9. The number of nitrogens with two attached hydrogens (primary N) is 1. The van der Waals surface area contributed by atoms with Crippen LogP contribution in [0, 0.1) is 12.7 Å². The van der Waals surface area contributed by atoms with Crippen LogP contribution in [0.3, 0.4) is 0 Å². The van der Waals surface area contributed by atoms with Gasteiger partial charge in [-0.25, -0.2) is 8.96 Å². The van der Waals surface area contributed by atoms with Gasteiger partial charge in [0.1, 0.15) is 0 Å². The zero-order chi connectivity index (χ0) is 17.3. The number of carbonyl (C=O) groups excluding carboxylic acids is 1. The Morgan fingerprint density at radius 2 is 1.96 bits per heavy atom. The van der Waals surface area contributed by atoms with Gasteiger partial charge in [0.15, 0.2) is 18.2 Å². The van der Waals surface area contributed by atoms with Crippen molar-refractivity contribution in [3.63, 3.8) is 0 Å². The molecule has 5 nitrogen and oxygen atoms in total. The minimum atomic E-state index is -0.595. The molecule has 3 aromatic rings. The van der Waals surface area contributed by atoms with Gasteiger partial charge in [0.25, 0.3) is 11.5 Å². The van der Waals surface area contributed by atoms with Crippen LogP contribution in [-0.4, -0.2) is 17.1 Å². The van der Waals surface area contributed by atoms with E-state index in [1.54, 1.807) is 37.3 Å². The number of nitrogens with zero attached hydrogens (tertiary/aromatic N) is 1. The van der Waals surface area contributed by atoms with E-state index < -0.39 is 23.9 Å². The monoisotopic (exact) mass is 326 g/mol. The summed E-state index contributed by atoms with van der Waals surface area (Å²) in [5.74, 6) is -1.21. The summed E-state index contributed by atoms with van der Waals surface area (Å²) < 4.78 is 19.8. The molecular formula is C18H15FN2O3. The van der Waals surface area contributed by atoms with Crippen molar-refractivity contribution >= 4 is 22.5 Å². The lowest BCUT2D eigenvalue weighted by Gasteiger charge is -2.12. The summed E-state index contributed by atoms with van der Waals surface area (Å²) in [6, 6.07) is 12.4. The van der Waals surface area contributed by atoms with Gasteiger partial charge in [-0.15, -0.1) is 0 Å². The molecule has 0 radical (unpaired) electrons. The summed E-state index contributed by atoms with van der Waals surface area (Å²) >= 11 is 0. The molecule has 0 amide bonds. The Morgan fingerprint density at radius 3 is 2.71 bits per heavy atom. The number of para-hydroxylation sites is 1. The van der Waals surface area contributed by atoms with Gasteiger partial charge in [0.05, 0.1) is 5.52 Å². The maximum Gasteiger partial charge on any atom is 0.271 e. The molecule has 0 fully saturated rings. The number of aryl methyl sites for hydroxylation is 1. The van der Waals surface area contributed by atoms with Crippen molar-refractivity contribution < 1.29 is 13.9 Å². The van der Waals surface area contributed by atoms with Gasteiger partial charge >= 0.3 is 0 Å². The van der Waals surface area contributed by atoms with Crippen LogP contribution in [0.15, 0.2) is 53.3 Å². The van der Waals surface area contributed by atoms with Gasteiger partial charge in [-0.2, -0.15) is 0 Å². The second-order valence-electron chi connectivity index (χ2n) is 5.40. The highest BCUT2D eigenvalue weighted by atomic mass is 19.1. The van der Waals surface area contributed by atoms with Crippen LogP contribution in [-0.2, 0) is 0 Å². The summed E-state index contributed by atoms with van der Waals surface area (Å²) in [5, 5.41) is 0.709. The predicted molar refractivity (Wildman–Crippen MR) is 89.9 cm³/mol. The minimum Gasteiger partial charge on any atom is -0.481 e. The van der Waals surface area contributed by atoms with E-state index in [2.05, 4.69) is 0 Å². The molecule has 122 valence electrons. The van der Waals surface area contributed by atoms with Crippen molar-refractivity contribution in [2.75, 3.05) is 12.3 Å². The molecule has 0 spiro atoms. The fourth-order valence-electron chi connectivity index (χ4n) is 2.47. The SMILES string of the molecule is Cc1cc2ccc(N)cc2n(C(=O)COc2ccccc2F)c1=O. The first kappa shape index (κ1) is 15.7. The Morgan fingerprint density at radius 1 is 1.21 bits per heavy atom. The average molecular weight is 326 g/mol. The standard InChI is InChI=1S/C18H15FN2O3/c1-11-8-12-6-7-13(20)9-15(12)21(18(11)23)17(22)10-24-16-5-3-2-4-14(16)19/h2-9H,10,20H2,1H3. The molecule has 0 bridgehead atoms. The van der Waals surface area contributed by atoms with Crippen LogP contribution in [0.2, 0.25) is 0 Å². The number of fused-ring (bicyclic) bond motifs is 1. The molecule has 1 heterocycles. The van der Waals surface area contributed by atoms with Gasteiger partial charge in [-0.3, -0.25) is 9.59 Å². The molecule has 24 heavy (non-hydrogen) atoms. The molecule has 2 aromatic carbocycles. The number of carbonyl (C=O) groups is 1. The summed E-state index contributed by atoms with van der Waals surface area (Å²) in [5.41, 5.74) is 6.56. The highest BCUT2D eigenvalue weighted by molar-refractivity contribution is 5.93. The molecule has 0 aliphatic carbocycles. The van der Waals surface area contributed by atoms with Gasteiger partial charge in [-0.05, 0) is 42.6 Å². The van der Waals surface area contributed by atoms with Gasteiger partial charge in [0.2, 0.25) is 0 Å². The third kappa shape index (κ3) is 2.86. The quantitative estimate of drug-likeness (QED) is 0.751. The van der Waals surface area contributed by atoms with Crippen molar-refractivity contribution in [1.29, 1.82) is 0 Å². The molecule has 0 saturated heterocycles. The first-order valence-corrected chi connectivity index (χ1v) is 7.30. The van der Waals surface area contributed by atoms with Crippen LogP contribution in [0.25, 0.3) is 10.9 Å². The van der Waals surface area contributed by atoms with Crippen LogP contribution in [0.4, 0.5) is 10.1 Å². The maximum absolute atomic E-state index is 13.6. The summed E-state index contributed by atoms with van der Waals surface area (Å²) in [6.45, 7) is 1.16. The number of benzene rings is 2. The smallest absolute Gasteiger partial charge is 0.271 e. The molecule has 0 saturated carbocycles. The molecule has 6 heteroatoms. The molecule has 3 rings (SSSR count). The van der Waals surface area contributed by atoms with E-state index in [1.807, 2.05) is 0 Å². The van der Waals surface area contributed by atoms with Gasteiger partial charge < -0.3 is 10.5 Å². The van der Waals surface area contributed by atoms with Crippen LogP contribution in [0.5, 0.6) is 5.75 Å². The summed E-state index contributed by atoms with van der Waals surface area (Å²) in [6.07, 6.45) is 0. The van der Waals surface area contributed by atoms with Crippen molar-refractivity contribution in [3.8, 4) is 5.75 Å². The van der Waals surface area contributed by atoms with Crippen LogP contribution < -0.4 is 16.0 Å². The van der Waals surface area contributed by atoms with Crippen LogP contribution in [0.1, 0.15) is 10.4 Å². The lowest BCUT2D eigenvalue weighted by molar-refractivity contribution is 0.0836. The fraction of sp³-hybridized carbons (Fsp3) is 0.111. The minimum absolute atomic E-state index is 0.0460. The lowest BCUT2D eigenvalue weighted by atomic mass is 10.1. The number of anilines is 1. The molecule has 0 atom stereocenters. The third-order valence-corrected chi connectivity index (χ3v) is 3.65. The fourth-order valence-corrected chi connectivity index (χ4v) is 2.47. The van der Waals surface area contributed by atoms with E-state index in [4.69, 9.17) is 10.5 Å². The van der Waals surface area contributed by atoms with E-state index in [9.17, 15) is 14.0 Å². The molecular weight excluding hydrogens is 311 g/mol. The Kier molecular flexibility index (Phi) is 4.04. The Labute approximate surface area is 137 Å². The van der Waals surface area contributed by atoms with E-state index in [-0.39, 0.29) is 5.75 Å². The first-order chi connectivity index (χ1) is 11.5. The van der Waals surface area contributed by atoms with Crippen molar-refractivity contribution in [2.24, 2.45) is 0 Å².